The van der Waals surface area contributed by atoms with E-state index in [-0.39, 0.29) is 5.91 Å². The van der Waals surface area contributed by atoms with E-state index in [0.717, 1.165) is 16.8 Å². The molecule has 23 heavy (non-hydrogen) atoms. The molecule has 1 aromatic carbocycles. The van der Waals surface area contributed by atoms with E-state index in [1.165, 1.54) is 11.0 Å². The van der Waals surface area contributed by atoms with E-state index in [1.807, 2.05) is 44.2 Å². The number of tetrazole rings is 1. The van der Waals surface area contributed by atoms with Gasteiger partial charge in [0, 0.05) is 12.1 Å². The predicted octanol–water partition coefficient (Wildman–Crippen LogP) is 1.18. The van der Waals surface area contributed by atoms with Gasteiger partial charge in [0.25, 0.3) is 0 Å². The summed E-state index contributed by atoms with van der Waals surface area (Å²) in [6.45, 7) is 4.00. The molecule has 1 atom stereocenters. The van der Waals surface area contributed by atoms with E-state index < -0.39 is 6.04 Å². The van der Waals surface area contributed by atoms with E-state index in [4.69, 9.17) is 4.52 Å². The third-order valence-corrected chi connectivity index (χ3v) is 3.61. The van der Waals surface area contributed by atoms with Gasteiger partial charge in [0.05, 0.1) is 5.69 Å². The lowest BCUT2D eigenvalue weighted by Crippen LogP contribution is -2.33. The molecule has 8 heteroatoms. The Bertz CT molecular complexity index is 762. The molecule has 0 aliphatic rings. The van der Waals surface area contributed by atoms with Crippen LogP contribution in [-0.2, 0) is 11.3 Å². The van der Waals surface area contributed by atoms with Gasteiger partial charge in [0.2, 0.25) is 5.91 Å². The van der Waals surface area contributed by atoms with Gasteiger partial charge < -0.3 is 9.84 Å². The van der Waals surface area contributed by atoms with Gasteiger partial charge in [-0.3, -0.25) is 4.79 Å². The minimum atomic E-state index is -0.633. The number of amides is 1. The number of nitrogens with zero attached hydrogens (tertiary/aromatic N) is 5. The standard InChI is InChI=1S/C15H16N6O2/c1-10-13(11(2)23-18-10)8-16-15(22)14(21-9-17-19-20-21)12-6-4-3-5-7-12/h3-7,9,14H,8H2,1-2H3,(H,16,22)/t14-/m1/s1. The lowest BCUT2D eigenvalue weighted by atomic mass is 10.1. The van der Waals surface area contributed by atoms with Crippen LogP contribution in [0.3, 0.4) is 0 Å². The SMILES string of the molecule is Cc1noc(C)c1CNC(=O)[C@@H](c1ccccc1)n1cnnn1. The highest BCUT2D eigenvalue weighted by Crippen LogP contribution is 2.18. The fourth-order valence-electron chi connectivity index (χ4n) is 2.37. The molecular weight excluding hydrogens is 296 g/mol. The minimum Gasteiger partial charge on any atom is -0.361 e. The molecule has 1 N–H and O–H groups in total. The van der Waals surface area contributed by atoms with E-state index in [0.29, 0.717) is 12.3 Å². The van der Waals surface area contributed by atoms with Crippen molar-refractivity contribution in [3.05, 3.63) is 59.2 Å². The van der Waals surface area contributed by atoms with Crippen LogP contribution in [0, 0.1) is 13.8 Å². The van der Waals surface area contributed by atoms with Crippen molar-refractivity contribution in [3.63, 3.8) is 0 Å². The van der Waals surface area contributed by atoms with Crippen LogP contribution in [-0.4, -0.2) is 31.3 Å². The number of carbonyl (C=O) groups excluding carboxylic acids is 1. The molecule has 0 aliphatic carbocycles. The van der Waals surface area contributed by atoms with Gasteiger partial charge in [-0.05, 0) is 29.8 Å². The fourth-order valence-corrected chi connectivity index (χ4v) is 2.37. The van der Waals surface area contributed by atoms with Crippen molar-refractivity contribution in [1.82, 2.24) is 30.7 Å². The zero-order valence-corrected chi connectivity index (χ0v) is 12.8. The van der Waals surface area contributed by atoms with Gasteiger partial charge in [-0.2, -0.15) is 0 Å². The van der Waals surface area contributed by atoms with Crippen LogP contribution in [0.25, 0.3) is 0 Å². The minimum absolute atomic E-state index is 0.205. The van der Waals surface area contributed by atoms with Crippen LogP contribution in [0.4, 0.5) is 0 Å². The Balaban J connectivity index is 1.82. The van der Waals surface area contributed by atoms with E-state index in [2.05, 4.69) is 26.0 Å². The molecule has 3 aromatic rings. The molecule has 3 rings (SSSR count). The third kappa shape index (κ3) is 3.10. The topological polar surface area (TPSA) is 98.7 Å². The Morgan fingerprint density at radius 1 is 1.30 bits per heavy atom. The molecule has 0 spiro atoms. The highest BCUT2D eigenvalue weighted by molar-refractivity contribution is 5.83. The Hall–Kier alpha value is -3.03. The molecule has 118 valence electrons. The maximum Gasteiger partial charge on any atom is 0.249 e. The summed E-state index contributed by atoms with van der Waals surface area (Å²) in [5, 5.41) is 17.9. The molecule has 0 radical (unpaired) electrons. The van der Waals surface area contributed by atoms with Crippen LogP contribution < -0.4 is 5.32 Å². The smallest absolute Gasteiger partial charge is 0.249 e. The number of rotatable bonds is 5. The Morgan fingerprint density at radius 3 is 2.70 bits per heavy atom. The normalized spacial score (nSPS) is 12.1. The van der Waals surface area contributed by atoms with E-state index in [1.54, 1.807) is 0 Å². The fraction of sp³-hybridized carbons (Fsp3) is 0.267. The average molecular weight is 312 g/mol. The first-order valence-corrected chi connectivity index (χ1v) is 7.13. The highest BCUT2D eigenvalue weighted by atomic mass is 16.5. The zero-order chi connectivity index (χ0) is 16.2. The maximum absolute atomic E-state index is 12.7. The quantitative estimate of drug-likeness (QED) is 0.759. The first kappa shape index (κ1) is 14.9. The van der Waals surface area contributed by atoms with Crippen LogP contribution in [0.2, 0.25) is 0 Å². The number of nitrogens with one attached hydrogen (secondary N) is 1. The predicted molar refractivity (Wildman–Crippen MR) is 80.2 cm³/mol. The van der Waals surface area contributed by atoms with Crippen molar-refractivity contribution in [2.45, 2.75) is 26.4 Å². The molecule has 1 amide bonds. The number of aryl methyl sites for hydroxylation is 2. The first-order chi connectivity index (χ1) is 11.2. The third-order valence-electron chi connectivity index (χ3n) is 3.61. The van der Waals surface area contributed by atoms with Gasteiger partial charge in [0.1, 0.15) is 12.1 Å². The molecule has 2 aromatic heterocycles. The van der Waals surface area contributed by atoms with Crippen molar-refractivity contribution in [2.75, 3.05) is 0 Å². The summed E-state index contributed by atoms with van der Waals surface area (Å²) < 4.78 is 6.53. The summed E-state index contributed by atoms with van der Waals surface area (Å²) in [4.78, 5) is 12.7. The average Bonchev–Trinajstić information content (AvgIpc) is 3.18. The highest BCUT2D eigenvalue weighted by Gasteiger charge is 2.24. The summed E-state index contributed by atoms with van der Waals surface area (Å²) in [6.07, 6.45) is 1.42. The Kier molecular flexibility index (Phi) is 4.13. The van der Waals surface area contributed by atoms with Crippen LogP contribution in [0.1, 0.15) is 28.6 Å². The van der Waals surface area contributed by atoms with Gasteiger partial charge in [-0.25, -0.2) is 4.68 Å². The van der Waals surface area contributed by atoms with Crippen molar-refractivity contribution < 1.29 is 9.32 Å². The Labute approximate surface area is 132 Å². The van der Waals surface area contributed by atoms with Gasteiger partial charge >= 0.3 is 0 Å². The van der Waals surface area contributed by atoms with Gasteiger partial charge in [-0.1, -0.05) is 35.5 Å². The van der Waals surface area contributed by atoms with Gasteiger partial charge in [-0.15, -0.1) is 5.10 Å². The summed E-state index contributed by atoms with van der Waals surface area (Å²) in [5.74, 6) is 0.491. The molecule has 8 nitrogen and oxygen atoms in total. The second-order valence-electron chi connectivity index (χ2n) is 5.12. The van der Waals surface area contributed by atoms with Crippen molar-refractivity contribution in [2.24, 2.45) is 0 Å². The lowest BCUT2D eigenvalue weighted by Gasteiger charge is -2.16. The molecule has 0 fully saturated rings. The van der Waals surface area contributed by atoms with Crippen LogP contribution >= 0.6 is 0 Å². The zero-order valence-electron chi connectivity index (χ0n) is 12.8. The number of hydrogen-bond donors (Lipinski definition) is 1. The van der Waals surface area contributed by atoms with Crippen LogP contribution in [0.15, 0.2) is 41.2 Å². The summed E-state index contributed by atoms with van der Waals surface area (Å²) in [6, 6.07) is 8.72. The summed E-state index contributed by atoms with van der Waals surface area (Å²) >= 11 is 0. The summed E-state index contributed by atoms with van der Waals surface area (Å²) in [5.41, 5.74) is 2.44. The van der Waals surface area contributed by atoms with E-state index in [9.17, 15) is 4.79 Å². The molecule has 0 saturated heterocycles. The second kappa shape index (κ2) is 6.39. The number of benzene rings is 1. The molecule has 0 unspecified atom stereocenters. The largest absolute Gasteiger partial charge is 0.361 e. The molecule has 0 saturated carbocycles. The van der Waals surface area contributed by atoms with Crippen molar-refractivity contribution in [3.8, 4) is 0 Å². The molecule has 0 bridgehead atoms. The number of carbonyl (C=O) groups is 1. The lowest BCUT2D eigenvalue weighted by molar-refractivity contribution is -0.123. The summed E-state index contributed by atoms with van der Waals surface area (Å²) in [7, 11) is 0. The molecular formula is C15H16N6O2. The maximum atomic E-state index is 12.7. The number of aromatic nitrogens is 5. The Morgan fingerprint density at radius 2 is 2.09 bits per heavy atom. The first-order valence-electron chi connectivity index (χ1n) is 7.13. The van der Waals surface area contributed by atoms with Gasteiger partial charge in [0.15, 0.2) is 6.04 Å². The second-order valence-corrected chi connectivity index (χ2v) is 5.12. The van der Waals surface area contributed by atoms with Crippen molar-refractivity contribution >= 4 is 5.91 Å². The number of hydrogen-bond acceptors (Lipinski definition) is 6. The van der Waals surface area contributed by atoms with Crippen molar-refractivity contribution in [1.29, 1.82) is 0 Å². The molecule has 2 heterocycles. The van der Waals surface area contributed by atoms with Crippen LogP contribution in [0.5, 0.6) is 0 Å². The monoisotopic (exact) mass is 312 g/mol. The van der Waals surface area contributed by atoms with E-state index >= 15 is 0 Å². The molecule has 0 aliphatic heterocycles.